The molecular weight excluding hydrogens is 775 g/mol. The van der Waals surface area contributed by atoms with Crippen LogP contribution in [0.2, 0.25) is 0 Å². The van der Waals surface area contributed by atoms with Crippen molar-refractivity contribution in [2.24, 2.45) is 0 Å². The Kier molecular flexibility index (Phi) is 13.0. The first-order chi connectivity index (χ1) is 30.0. The number of nitriles is 1. The van der Waals surface area contributed by atoms with Crippen molar-refractivity contribution in [3.8, 4) is 11.8 Å². The Bertz CT molecular complexity index is 2610. The molecule has 2 aliphatic heterocycles. The van der Waals surface area contributed by atoms with Crippen LogP contribution in [-0.2, 0) is 42.8 Å². The highest BCUT2D eigenvalue weighted by Crippen LogP contribution is 2.54. The molecule has 5 aromatic carbocycles. The number of anilines is 1. The number of ketones is 1. The first-order valence-corrected chi connectivity index (χ1v) is 21.1. The molecule has 7 rings (SSSR count). The van der Waals surface area contributed by atoms with Gasteiger partial charge >= 0.3 is 5.97 Å². The predicted octanol–water partition coefficient (Wildman–Crippen LogP) is 9.74. The summed E-state index contributed by atoms with van der Waals surface area (Å²) in [5.74, 6) is -0.313. The van der Waals surface area contributed by atoms with Crippen LogP contribution in [0.5, 0.6) is 5.75 Å². The standard InChI is InChI=1S/C53H51N3O6/c1-37(2)62-43-22-24-47-46(31-43)52(4,32-38(3)58)48(55(47)28-27-50(59)60)25-19-41(35-54)20-26-49-53(33-39-13-7-5-8-14-39,34-40-15-9-6-10-16-40)45-23-21-42-17-11-12-18-44(42)51(45)56(49)29-30-61-36-57/h5-26,31,36-37H,27-30,32-34H2,1-4H3/p+1. The van der Waals surface area contributed by atoms with Gasteiger partial charge < -0.3 is 19.5 Å². The molecule has 1 atom stereocenters. The molecular formula is C53H52N3O6+. The molecule has 0 aliphatic carbocycles. The zero-order valence-corrected chi connectivity index (χ0v) is 35.7. The van der Waals surface area contributed by atoms with Gasteiger partial charge in [-0.3, -0.25) is 14.4 Å². The van der Waals surface area contributed by atoms with Crippen molar-refractivity contribution in [1.29, 1.82) is 5.26 Å². The van der Waals surface area contributed by atoms with Crippen LogP contribution in [0.15, 0.2) is 151 Å². The maximum atomic E-state index is 13.0. The molecule has 1 N–H and O–H groups in total. The van der Waals surface area contributed by atoms with Gasteiger partial charge in [0.2, 0.25) is 5.69 Å². The summed E-state index contributed by atoms with van der Waals surface area (Å²) in [4.78, 5) is 38.7. The zero-order chi connectivity index (χ0) is 43.9. The average Bonchev–Trinajstić information content (AvgIpc) is 3.63. The first-order valence-electron chi connectivity index (χ1n) is 21.1. The molecule has 62 heavy (non-hydrogen) atoms. The van der Waals surface area contributed by atoms with Crippen LogP contribution in [0.4, 0.5) is 11.4 Å². The summed E-state index contributed by atoms with van der Waals surface area (Å²) in [6.07, 6.45) is 8.73. The SMILES string of the molecule is CC(=O)CC1(C)C(/C=C/C(C#N)=C/C=C2/N(CCOC=O)c3c(ccc4ccccc34)C2(Cc2ccccc2)Cc2ccccc2)=[N+](CCC(=O)O)c2ccc(OC(C)C)cc21. The van der Waals surface area contributed by atoms with Gasteiger partial charge in [0.05, 0.1) is 35.4 Å². The highest BCUT2D eigenvalue weighted by atomic mass is 16.5. The molecule has 0 saturated heterocycles. The lowest BCUT2D eigenvalue weighted by molar-refractivity contribution is -0.436. The lowest BCUT2D eigenvalue weighted by atomic mass is 9.70. The van der Waals surface area contributed by atoms with Crippen LogP contribution in [-0.4, -0.2) is 59.4 Å². The number of carboxylic acid groups (broad SMARTS) is 1. The van der Waals surface area contributed by atoms with Gasteiger partial charge in [0.1, 0.15) is 24.6 Å². The quantitative estimate of drug-likeness (QED) is 0.0305. The fourth-order valence-electron chi connectivity index (χ4n) is 9.42. The summed E-state index contributed by atoms with van der Waals surface area (Å²) in [6, 6.07) is 41.6. The van der Waals surface area contributed by atoms with Crippen LogP contribution in [0.3, 0.4) is 0 Å². The number of rotatable bonds is 18. The molecule has 0 saturated carbocycles. The second-order valence-corrected chi connectivity index (χ2v) is 16.6. The predicted molar refractivity (Wildman–Crippen MR) is 243 cm³/mol. The van der Waals surface area contributed by atoms with E-state index in [1.807, 2.05) is 86.0 Å². The van der Waals surface area contributed by atoms with Crippen LogP contribution in [0, 0.1) is 11.3 Å². The molecule has 0 spiro atoms. The number of benzene rings is 5. The van der Waals surface area contributed by atoms with Gasteiger partial charge in [-0.2, -0.15) is 9.84 Å². The molecule has 314 valence electrons. The maximum absolute atomic E-state index is 13.0. The molecule has 0 amide bonds. The number of Topliss-reactive ketones (excluding diaryl/α,β-unsaturated/α-hetero) is 1. The molecule has 2 heterocycles. The van der Waals surface area contributed by atoms with E-state index in [9.17, 15) is 24.8 Å². The van der Waals surface area contributed by atoms with Gasteiger partial charge in [0, 0.05) is 40.6 Å². The number of ether oxygens (including phenoxy) is 2. The Hall–Kier alpha value is -7.05. The monoisotopic (exact) mass is 826 g/mol. The van der Waals surface area contributed by atoms with Crippen molar-refractivity contribution in [2.45, 2.75) is 70.3 Å². The minimum absolute atomic E-state index is 0.0273. The van der Waals surface area contributed by atoms with Gasteiger partial charge in [0.25, 0.3) is 6.47 Å². The summed E-state index contributed by atoms with van der Waals surface area (Å²) >= 11 is 0. The smallest absolute Gasteiger partial charge is 0.309 e. The molecule has 0 fully saturated rings. The van der Waals surface area contributed by atoms with Gasteiger partial charge in [-0.1, -0.05) is 97.1 Å². The molecule has 9 nitrogen and oxygen atoms in total. The van der Waals surface area contributed by atoms with Crippen molar-refractivity contribution in [3.05, 3.63) is 173 Å². The van der Waals surface area contributed by atoms with E-state index in [1.54, 1.807) is 13.0 Å². The number of carbonyl (C=O) groups excluding carboxylic acids is 2. The van der Waals surface area contributed by atoms with Gasteiger partial charge in [-0.25, -0.2) is 0 Å². The highest BCUT2D eigenvalue weighted by Gasteiger charge is 2.50. The molecule has 1 unspecified atom stereocenters. The van der Waals surface area contributed by atoms with Gasteiger partial charge in [-0.05, 0) is 93.0 Å². The minimum atomic E-state index is -0.943. The summed E-state index contributed by atoms with van der Waals surface area (Å²) in [5, 5.41) is 22.7. The largest absolute Gasteiger partial charge is 0.491 e. The van der Waals surface area contributed by atoms with Crippen molar-refractivity contribution in [2.75, 3.05) is 24.6 Å². The topological polar surface area (TPSA) is 120 Å². The van der Waals surface area contributed by atoms with Gasteiger partial charge in [0.15, 0.2) is 12.3 Å². The Labute approximate surface area is 363 Å². The second kappa shape index (κ2) is 18.7. The molecule has 0 radical (unpaired) electrons. The number of aliphatic carboxylic acids is 1. The van der Waals surface area contributed by atoms with E-state index in [-0.39, 0.29) is 37.9 Å². The first kappa shape index (κ1) is 43.1. The van der Waals surface area contributed by atoms with Gasteiger partial charge in [-0.15, -0.1) is 0 Å². The van der Waals surface area contributed by atoms with E-state index < -0.39 is 16.8 Å². The fourth-order valence-corrected chi connectivity index (χ4v) is 9.42. The number of fused-ring (bicyclic) bond motifs is 4. The van der Waals surface area contributed by atoms with Crippen molar-refractivity contribution in [3.63, 3.8) is 0 Å². The summed E-state index contributed by atoms with van der Waals surface area (Å²) in [6.45, 7) is 8.61. The summed E-state index contributed by atoms with van der Waals surface area (Å²) in [7, 11) is 0. The van der Waals surface area contributed by atoms with Crippen molar-refractivity contribution in [1.82, 2.24) is 0 Å². The molecule has 5 aromatic rings. The van der Waals surface area contributed by atoms with E-state index in [0.717, 1.165) is 50.1 Å². The maximum Gasteiger partial charge on any atom is 0.309 e. The van der Waals surface area contributed by atoms with Crippen LogP contribution in [0.25, 0.3) is 10.8 Å². The Balaban J connectivity index is 1.42. The fraction of sp³-hybridized carbons (Fsp3) is 0.264. The van der Waals surface area contributed by atoms with E-state index in [4.69, 9.17) is 9.47 Å². The lowest BCUT2D eigenvalue weighted by Crippen LogP contribution is -2.36. The number of carboxylic acids is 1. The molecule has 9 heteroatoms. The second-order valence-electron chi connectivity index (χ2n) is 16.6. The number of hydrogen-bond acceptors (Lipinski definition) is 7. The Morgan fingerprint density at radius 1 is 0.903 bits per heavy atom. The minimum Gasteiger partial charge on any atom is -0.491 e. The van der Waals surface area contributed by atoms with Crippen LogP contribution >= 0.6 is 0 Å². The lowest BCUT2D eigenvalue weighted by Gasteiger charge is -2.34. The average molecular weight is 827 g/mol. The third-order valence-electron chi connectivity index (χ3n) is 11.9. The third-order valence-corrected chi connectivity index (χ3v) is 11.9. The van der Waals surface area contributed by atoms with E-state index >= 15 is 0 Å². The Morgan fingerprint density at radius 3 is 2.21 bits per heavy atom. The normalized spacial score (nSPS) is 17.4. The number of hydrogen-bond donors (Lipinski definition) is 1. The van der Waals surface area contributed by atoms with Crippen LogP contribution in [0.1, 0.15) is 62.8 Å². The summed E-state index contributed by atoms with van der Waals surface area (Å²) < 4.78 is 13.4. The van der Waals surface area contributed by atoms with E-state index in [0.29, 0.717) is 42.9 Å². The molecule has 0 aromatic heterocycles. The van der Waals surface area contributed by atoms with E-state index in [1.165, 1.54) is 0 Å². The molecule has 0 bridgehead atoms. The van der Waals surface area contributed by atoms with Crippen molar-refractivity contribution >= 4 is 46.1 Å². The third kappa shape index (κ3) is 8.87. The van der Waals surface area contributed by atoms with E-state index in [2.05, 4.69) is 83.8 Å². The zero-order valence-electron chi connectivity index (χ0n) is 35.7. The highest BCUT2D eigenvalue weighted by molar-refractivity contribution is 6.06. The Morgan fingerprint density at radius 2 is 1.58 bits per heavy atom. The molecule has 2 aliphatic rings. The summed E-state index contributed by atoms with van der Waals surface area (Å²) in [5.41, 5.74) is 6.69. The van der Waals surface area contributed by atoms with Crippen LogP contribution < -0.4 is 9.64 Å². The number of allylic oxidation sites excluding steroid dienone is 6. The number of carbonyl (C=O) groups is 3. The van der Waals surface area contributed by atoms with Crippen molar-refractivity contribution < 1.29 is 33.5 Å². The number of nitrogens with zero attached hydrogens (tertiary/aromatic N) is 3.